The molecule has 0 spiro atoms. The van der Waals surface area contributed by atoms with Crippen molar-refractivity contribution in [1.29, 1.82) is 0 Å². The zero-order valence-corrected chi connectivity index (χ0v) is 18.0. The molecule has 0 amide bonds. The van der Waals surface area contributed by atoms with Crippen LogP contribution < -0.4 is 0 Å². The van der Waals surface area contributed by atoms with E-state index < -0.39 is 0 Å². The number of hydrogen-bond donors (Lipinski definition) is 0. The van der Waals surface area contributed by atoms with E-state index in [1.165, 1.54) is 12.8 Å². The summed E-state index contributed by atoms with van der Waals surface area (Å²) in [6.45, 7) is 4.76. The summed E-state index contributed by atoms with van der Waals surface area (Å²) < 4.78 is 5.52. The monoisotopic (exact) mass is 392 g/mol. The standard InChI is InChI=1S/C24H40O4/c1-3-5-7-9-20-18(11-13-22(20)25)15-16-28-24(27)17-19-12-14-23(26)21(19)10-8-6-4-2/h18-21H,3-17H2,1-2H3. The zero-order valence-electron chi connectivity index (χ0n) is 18.0. The predicted octanol–water partition coefficient (Wildman–Crippen LogP) is 5.66. The number of rotatable bonds is 13. The fraction of sp³-hybridized carbons (Fsp3) is 0.875. The van der Waals surface area contributed by atoms with Crippen molar-refractivity contribution >= 4 is 17.5 Å². The van der Waals surface area contributed by atoms with Gasteiger partial charge in [0, 0.05) is 31.1 Å². The molecule has 0 N–H and O–H groups in total. The first-order chi connectivity index (χ1) is 13.6. The Morgan fingerprint density at radius 1 is 0.821 bits per heavy atom. The van der Waals surface area contributed by atoms with Gasteiger partial charge in [-0.15, -0.1) is 0 Å². The number of carbonyl (C=O) groups excluding carboxylic acids is 3. The van der Waals surface area contributed by atoms with Crippen LogP contribution in [0.4, 0.5) is 0 Å². The Bertz CT molecular complexity index is 513. The first-order valence-electron chi connectivity index (χ1n) is 11.8. The van der Waals surface area contributed by atoms with Gasteiger partial charge in [0.1, 0.15) is 11.6 Å². The van der Waals surface area contributed by atoms with Gasteiger partial charge in [-0.05, 0) is 43.9 Å². The first kappa shape index (κ1) is 23.1. The van der Waals surface area contributed by atoms with Gasteiger partial charge in [-0.25, -0.2) is 0 Å². The van der Waals surface area contributed by atoms with E-state index in [2.05, 4.69) is 13.8 Å². The van der Waals surface area contributed by atoms with Crippen molar-refractivity contribution in [2.24, 2.45) is 23.7 Å². The van der Waals surface area contributed by atoms with Crippen molar-refractivity contribution in [3.63, 3.8) is 0 Å². The molecule has 160 valence electrons. The summed E-state index contributed by atoms with van der Waals surface area (Å²) in [4.78, 5) is 36.6. The van der Waals surface area contributed by atoms with Gasteiger partial charge >= 0.3 is 5.97 Å². The Balaban J connectivity index is 1.70. The van der Waals surface area contributed by atoms with Crippen molar-refractivity contribution in [2.75, 3.05) is 6.61 Å². The highest BCUT2D eigenvalue weighted by Crippen LogP contribution is 2.36. The molecular formula is C24H40O4. The third-order valence-electron chi connectivity index (χ3n) is 6.91. The maximum absolute atomic E-state index is 12.3. The Labute approximate surface area is 171 Å². The molecule has 4 heteroatoms. The minimum atomic E-state index is -0.160. The van der Waals surface area contributed by atoms with Crippen LogP contribution in [0.1, 0.15) is 104 Å². The van der Waals surface area contributed by atoms with Crippen molar-refractivity contribution in [3.05, 3.63) is 0 Å². The fourth-order valence-corrected chi connectivity index (χ4v) is 5.16. The second-order valence-corrected chi connectivity index (χ2v) is 8.95. The van der Waals surface area contributed by atoms with Crippen molar-refractivity contribution in [1.82, 2.24) is 0 Å². The first-order valence-corrected chi connectivity index (χ1v) is 11.8. The second kappa shape index (κ2) is 12.4. The number of carbonyl (C=O) groups is 3. The molecule has 28 heavy (non-hydrogen) atoms. The summed E-state index contributed by atoms with van der Waals surface area (Å²) in [6.07, 6.45) is 13.1. The van der Waals surface area contributed by atoms with E-state index in [0.29, 0.717) is 43.4 Å². The highest BCUT2D eigenvalue weighted by atomic mass is 16.5. The number of ketones is 2. The molecule has 0 aromatic heterocycles. The number of unbranched alkanes of at least 4 members (excludes halogenated alkanes) is 4. The summed E-state index contributed by atoms with van der Waals surface area (Å²) >= 11 is 0. The Morgan fingerprint density at radius 2 is 1.36 bits per heavy atom. The fourth-order valence-electron chi connectivity index (χ4n) is 5.16. The summed E-state index contributed by atoms with van der Waals surface area (Å²) in [5.74, 6) is 1.39. The van der Waals surface area contributed by atoms with Crippen LogP contribution in [0.2, 0.25) is 0 Å². The van der Waals surface area contributed by atoms with Gasteiger partial charge in [0.05, 0.1) is 6.61 Å². The van der Waals surface area contributed by atoms with Gasteiger partial charge in [0.25, 0.3) is 0 Å². The van der Waals surface area contributed by atoms with E-state index in [4.69, 9.17) is 4.74 Å². The summed E-state index contributed by atoms with van der Waals surface area (Å²) in [5, 5.41) is 0. The molecule has 2 saturated carbocycles. The van der Waals surface area contributed by atoms with Crippen LogP contribution in [0.3, 0.4) is 0 Å². The maximum atomic E-state index is 12.3. The molecule has 2 aliphatic rings. The van der Waals surface area contributed by atoms with E-state index in [9.17, 15) is 14.4 Å². The number of esters is 1. The zero-order chi connectivity index (χ0) is 20.4. The Morgan fingerprint density at radius 3 is 1.93 bits per heavy atom. The lowest BCUT2D eigenvalue weighted by molar-refractivity contribution is -0.145. The molecule has 0 heterocycles. The van der Waals surface area contributed by atoms with Crippen LogP contribution in [0, 0.1) is 23.7 Å². The highest BCUT2D eigenvalue weighted by molar-refractivity contribution is 5.84. The largest absolute Gasteiger partial charge is 0.466 e. The van der Waals surface area contributed by atoms with Crippen LogP contribution in [0.5, 0.6) is 0 Å². The lowest BCUT2D eigenvalue weighted by atomic mass is 9.87. The number of hydrogen-bond acceptors (Lipinski definition) is 4. The summed E-state index contributed by atoms with van der Waals surface area (Å²) in [5.41, 5.74) is 0. The van der Waals surface area contributed by atoms with Crippen LogP contribution in [-0.2, 0) is 19.1 Å². The lowest BCUT2D eigenvalue weighted by Gasteiger charge is -2.19. The van der Waals surface area contributed by atoms with Gasteiger partial charge < -0.3 is 4.74 Å². The Kier molecular flexibility index (Phi) is 10.2. The van der Waals surface area contributed by atoms with Crippen molar-refractivity contribution < 1.29 is 19.1 Å². The number of ether oxygens (including phenoxy) is 1. The normalized spacial score (nSPS) is 27.5. The minimum Gasteiger partial charge on any atom is -0.466 e. The minimum absolute atomic E-state index is 0.0644. The quantitative estimate of drug-likeness (QED) is 0.300. The van der Waals surface area contributed by atoms with E-state index in [1.807, 2.05) is 0 Å². The average Bonchev–Trinajstić information content (AvgIpc) is 3.19. The molecule has 4 atom stereocenters. The van der Waals surface area contributed by atoms with Crippen LogP contribution in [0.25, 0.3) is 0 Å². The molecule has 0 saturated heterocycles. The van der Waals surface area contributed by atoms with Gasteiger partial charge in [-0.3, -0.25) is 14.4 Å². The maximum Gasteiger partial charge on any atom is 0.306 e. The molecule has 2 fully saturated rings. The average molecular weight is 393 g/mol. The molecular weight excluding hydrogens is 352 g/mol. The highest BCUT2D eigenvalue weighted by Gasteiger charge is 2.36. The third-order valence-corrected chi connectivity index (χ3v) is 6.91. The van der Waals surface area contributed by atoms with Gasteiger partial charge in [-0.2, -0.15) is 0 Å². The van der Waals surface area contributed by atoms with Crippen molar-refractivity contribution in [3.8, 4) is 0 Å². The second-order valence-electron chi connectivity index (χ2n) is 8.95. The molecule has 4 unspecified atom stereocenters. The molecule has 0 aliphatic heterocycles. The topological polar surface area (TPSA) is 60.4 Å². The van der Waals surface area contributed by atoms with Gasteiger partial charge in [-0.1, -0.05) is 52.4 Å². The Hall–Kier alpha value is -1.19. The molecule has 0 aromatic rings. The lowest BCUT2D eigenvalue weighted by Crippen LogP contribution is -2.21. The van der Waals surface area contributed by atoms with Crippen LogP contribution in [-0.4, -0.2) is 24.1 Å². The molecule has 0 bridgehead atoms. The van der Waals surface area contributed by atoms with Gasteiger partial charge in [0.15, 0.2) is 0 Å². The van der Waals surface area contributed by atoms with E-state index in [1.54, 1.807) is 0 Å². The van der Waals surface area contributed by atoms with E-state index >= 15 is 0 Å². The number of Topliss-reactive ketones (excluding diaryl/α,β-unsaturated/α-hetero) is 2. The molecule has 0 radical (unpaired) electrons. The molecule has 2 rings (SSSR count). The van der Waals surface area contributed by atoms with E-state index in [-0.39, 0.29) is 23.7 Å². The third kappa shape index (κ3) is 7.00. The van der Waals surface area contributed by atoms with Gasteiger partial charge in [0.2, 0.25) is 0 Å². The molecule has 2 aliphatic carbocycles. The smallest absolute Gasteiger partial charge is 0.306 e. The predicted molar refractivity (Wildman–Crippen MR) is 111 cm³/mol. The summed E-state index contributed by atoms with van der Waals surface area (Å²) in [6, 6.07) is 0. The van der Waals surface area contributed by atoms with E-state index in [0.717, 1.165) is 57.8 Å². The van der Waals surface area contributed by atoms with Crippen LogP contribution >= 0.6 is 0 Å². The SMILES string of the molecule is CCCCCC1C(=O)CCC1CCOC(=O)CC1CCC(=O)C1CCCCC. The molecule has 4 nitrogen and oxygen atoms in total. The van der Waals surface area contributed by atoms with Crippen molar-refractivity contribution in [2.45, 2.75) is 104 Å². The molecule has 0 aromatic carbocycles. The summed E-state index contributed by atoms with van der Waals surface area (Å²) in [7, 11) is 0. The van der Waals surface area contributed by atoms with Crippen LogP contribution in [0.15, 0.2) is 0 Å².